The van der Waals surface area contributed by atoms with Gasteiger partial charge in [0.05, 0.1) is 7.11 Å². The highest BCUT2D eigenvalue weighted by atomic mass is 35.5. The summed E-state index contributed by atoms with van der Waals surface area (Å²) in [5.41, 5.74) is 4.57. The van der Waals surface area contributed by atoms with E-state index < -0.39 is 36.4 Å². The normalized spacial score (nSPS) is 18.6. The number of aromatic amines is 2. The number of hydrazine groups is 2. The number of methoxy groups -OCH3 is 1. The number of ether oxygens (including phenoxy) is 1. The molecule has 6 rings (SSSR count). The Morgan fingerprint density at radius 1 is 0.702 bits per heavy atom. The number of carbonyl (C=O) groups is 4. The fourth-order valence-corrected chi connectivity index (χ4v) is 7.91. The minimum Gasteiger partial charge on any atom is -0.465 e. The van der Waals surface area contributed by atoms with E-state index in [1.54, 1.807) is 35.9 Å². The Labute approximate surface area is 340 Å². The first kappa shape index (κ1) is 41.5. The summed E-state index contributed by atoms with van der Waals surface area (Å²) in [6.07, 6.45) is -0.725. The number of carboxylic acid groups (broad SMARTS) is 1. The number of imidazole rings is 2. The number of rotatable bonds is 11. The summed E-state index contributed by atoms with van der Waals surface area (Å²) in [7, 11) is 4.87. The molecule has 4 aromatic rings. The predicted molar refractivity (Wildman–Crippen MR) is 215 cm³/mol. The zero-order valence-electron chi connectivity index (χ0n) is 32.8. The number of hydrogen-bond donors (Lipinski definition) is 5. The molecule has 0 bridgehead atoms. The van der Waals surface area contributed by atoms with Crippen LogP contribution in [0.4, 0.5) is 9.59 Å². The van der Waals surface area contributed by atoms with Crippen LogP contribution in [0.1, 0.15) is 64.3 Å². The third-order valence-corrected chi connectivity index (χ3v) is 11.0. The van der Waals surface area contributed by atoms with Crippen molar-refractivity contribution in [1.82, 2.24) is 50.6 Å². The summed E-state index contributed by atoms with van der Waals surface area (Å²) in [5.74, 6) is -0.0175. The van der Waals surface area contributed by atoms with Gasteiger partial charge in [-0.15, -0.1) is 0 Å². The summed E-state index contributed by atoms with van der Waals surface area (Å²) >= 11 is 13.4. The maximum absolute atomic E-state index is 13.7. The lowest BCUT2D eigenvalue weighted by Crippen LogP contribution is -2.54. The molecular weight excluding hydrogens is 775 g/mol. The number of nitrogens with one attached hydrogen (secondary N) is 4. The van der Waals surface area contributed by atoms with Crippen LogP contribution in [0.3, 0.4) is 0 Å². The highest BCUT2D eigenvalue weighted by molar-refractivity contribution is 6.32. The summed E-state index contributed by atoms with van der Waals surface area (Å²) in [6, 6.07) is 13.1. The van der Waals surface area contributed by atoms with Gasteiger partial charge in [-0.1, -0.05) is 99.4 Å². The van der Waals surface area contributed by atoms with E-state index in [1.807, 2.05) is 74.4 Å². The van der Waals surface area contributed by atoms with Crippen LogP contribution in [0.25, 0.3) is 33.6 Å². The van der Waals surface area contributed by atoms with Crippen molar-refractivity contribution >= 4 is 47.2 Å². The zero-order chi connectivity index (χ0) is 41.3. The third kappa shape index (κ3) is 8.59. The van der Waals surface area contributed by atoms with Gasteiger partial charge in [0, 0.05) is 38.3 Å². The second-order valence-electron chi connectivity index (χ2n) is 15.0. The molecule has 0 aliphatic carbocycles. The number of carbonyl (C=O) groups excluding carboxylic acids is 3. The van der Waals surface area contributed by atoms with Gasteiger partial charge in [-0.3, -0.25) is 19.6 Å². The maximum atomic E-state index is 13.7. The number of alkyl carbamates (subject to hydrolysis) is 1. The minimum atomic E-state index is -1.26. The molecule has 2 aromatic heterocycles. The van der Waals surface area contributed by atoms with Gasteiger partial charge >= 0.3 is 12.2 Å². The van der Waals surface area contributed by atoms with Crippen LogP contribution in [0.15, 0.2) is 48.5 Å². The molecule has 304 valence electrons. The first-order valence-electron chi connectivity index (χ1n) is 18.7. The monoisotopic (exact) mass is 822 g/mol. The van der Waals surface area contributed by atoms with Gasteiger partial charge in [-0.05, 0) is 35.8 Å². The zero-order valence-corrected chi connectivity index (χ0v) is 34.4. The molecule has 2 aliphatic rings. The van der Waals surface area contributed by atoms with E-state index in [0.29, 0.717) is 59.3 Å². The molecule has 5 N–H and O–H groups in total. The van der Waals surface area contributed by atoms with Crippen LogP contribution in [0.2, 0.25) is 10.3 Å². The number of H-pyrrole nitrogens is 2. The molecule has 0 saturated carbocycles. The largest absolute Gasteiger partial charge is 0.465 e. The molecule has 0 radical (unpaired) electrons. The summed E-state index contributed by atoms with van der Waals surface area (Å²) < 4.78 is 4.76. The minimum absolute atomic E-state index is 0.184. The van der Waals surface area contributed by atoms with Crippen molar-refractivity contribution in [2.75, 3.05) is 34.3 Å². The van der Waals surface area contributed by atoms with Crippen molar-refractivity contribution in [3.8, 4) is 33.6 Å². The standard InChI is InChI=1S/C39H48Cl2N10O6/c1-20(2)28(44-38(54)55)36(52)50-26(16-18-48(50)5)34-42-30(32(40)46-34)24-12-8-22(9-13-24)23-10-14-25(15-11-23)31-33(41)47-35(43-31)27-17-19-49(6)51(27)37(53)29(21(3)4)45-39(56)57-7/h8-15,20-21,26-29,44H,16-19H2,1-7H3,(H,42,46)(H,43,47)(H,45,56)(H,54,55)/t26-,27-,28-,29-/m0/s1. The Hall–Kier alpha value is -5.16. The first-order valence-corrected chi connectivity index (χ1v) is 19.5. The number of hydrogen-bond acceptors (Lipinski definition) is 9. The number of aromatic nitrogens is 4. The summed E-state index contributed by atoms with van der Waals surface area (Å²) in [4.78, 5) is 66.8. The van der Waals surface area contributed by atoms with E-state index in [2.05, 4.69) is 20.6 Å². The van der Waals surface area contributed by atoms with E-state index in [4.69, 9.17) is 37.9 Å². The number of halogens is 2. The van der Waals surface area contributed by atoms with Crippen molar-refractivity contribution in [3.63, 3.8) is 0 Å². The lowest BCUT2D eigenvalue weighted by molar-refractivity contribution is -0.150. The van der Waals surface area contributed by atoms with Crippen molar-refractivity contribution < 1.29 is 29.0 Å². The second-order valence-corrected chi connectivity index (χ2v) is 15.7. The topological polar surface area (TPSA) is 192 Å². The van der Waals surface area contributed by atoms with Gasteiger partial charge in [-0.25, -0.2) is 29.6 Å². The molecule has 0 unspecified atom stereocenters. The van der Waals surface area contributed by atoms with Gasteiger partial charge in [0.2, 0.25) is 0 Å². The van der Waals surface area contributed by atoms with Crippen LogP contribution < -0.4 is 10.6 Å². The van der Waals surface area contributed by atoms with Crippen molar-refractivity contribution in [2.24, 2.45) is 11.8 Å². The van der Waals surface area contributed by atoms with Crippen LogP contribution >= 0.6 is 23.2 Å². The van der Waals surface area contributed by atoms with E-state index in [9.17, 15) is 24.3 Å². The molecule has 2 saturated heterocycles. The Kier molecular flexibility index (Phi) is 12.5. The van der Waals surface area contributed by atoms with Crippen LogP contribution in [0, 0.1) is 11.8 Å². The summed E-state index contributed by atoms with van der Waals surface area (Å²) in [6.45, 7) is 8.50. The molecule has 4 heterocycles. The molecule has 18 heteroatoms. The Balaban J connectivity index is 1.17. The fourth-order valence-electron chi connectivity index (χ4n) is 7.41. The van der Waals surface area contributed by atoms with Gasteiger partial charge in [0.25, 0.3) is 11.8 Å². The van der Waals surface area contributed by atoms with Gasteiger partial charge < -0.3 is 30.4 Å². The molecule has 2 fully saturated rings. The van der Waals surface area contributed by atoms with Crippen molar-refractivity contribution in [2.45, 2.75) is 64.7 Å². The number of amides is 4. The average Bonchev–Trinajstić information content (AvgIpc) is 3.96. The van der Waals surface area contributed by atoms with Gasteiger partial charge in [-0.2, -0.15) is 0 Å². The molecule has 2 aromatic carbocycles. The Morgan fingerprint density at radius 2 is 1.07 bits per heavy atom. The Morgan fingerprint density at radius 3 is 1.42 bits per heavy atom. The molecule has 0 spiro atoms. The maximum Gasteiger partial charge on any atom is 0.407 e. The van der Waals surface area contributed by atoms with Crippen molar-refractivity contribution in [3.05, 3.63) is 70.5 Å². The number of benzene rings is 2. The van der Waals surface area contributed by atoms with E-state index in [1.165, 1.54) is 7.11 Å². The van der Waals surface area contributed by atoms with Gasteiger partial charge in [0.15, 0.2) is 0 Å². The van der Waals surface area contributed by atoms with Crippen molar-refractivity contribution in [1.29, 1.82) is 0 Å². The van der Waals surface area contributed by atoms with Crippen LogP contribution in [-0.4, -0.2) is 115 Å². The molecule has 4 amide bonds. The quantitative estimate of drug-likeness (QED) is 0.114. The average molecular weight is 824 g/mol. The lowest BCUT2D eigenvalue weighted by Gasteiger charge is -2.33. The van der Waals surface area contributed by atoms with E-state index >= 15 is 0 Å². The Bertz CT molecular complexity index is 2100. The van der Waals surface area contributed by atoms with E-state index in [0.717, 1.165) is 22.3 Å². The van der Waals surface area contributed by atoms with Crippen LogP contribution in [-0.2, 0) is 14.3 Å². The SMILES string of the molecule is COC(=O)N[C@H](C(=O)N1[C@H](c2nc(-c3ccc(-c4ccc(-c5nc([C@@H]6CCN(C)N6C(=O)[C@@H](NC(=O)O)C(C)C)[nH]c5Cl)cc4)cc3)c(Cl)[nH]2)CCN1C)C(C)C. The second kappa shape index (κ2) is 17.1. The summed E-state index contributed by atoms with van der Waals surface area (Å²) in [5, 5.41) is 21.8. The highest BCUT2D eigenvalue weighted by Gasteiger charge is 2.42. The molecule has 4 atom stereocenters. The first-order chi connectivity index (χ1) is 27.1. The third-order valence-electron chi connectivity index (χ3n) is 10.5. The predicted octanol–water partition coefficient (Wildman–Crippen LogP) is 6.35. The lowest BCUT2D eigenvalue weighted by atomic mass is 10.0. The smallest absolute Gasteiger partial charge is 0.407 e. The molecule has 57 heavy (non-hydrogen) atoms. The fraction of sp³-hybridized carbons (Fsp3) is 0.436. The van der Waals surface area contributed by atoms with Crippen LogP contribution in [0.5, 0.6) is 0 Å². The molecular formula is C39H48Cl2N10O6. The highest BCUT2D eigenvalue weighted by Crippen LogP contribution is 2.38. The van der Waals surface area contributed by atoms with E-state index in [-0.39, 0.29) is 23.7 Å². The molecule has 16 nitrogen and oxygen atoms in total. The molecule has 2 aliphatic heterocycles. The van der Waals surface area contributed by atoms with Gasteiger partial charge in [0.1, 0.15) is 57.5 Å². The number of nitrogens with zero attached hydrogens (tertiary/aromatic N) is 6.